The van der Waals surface area contributed by atoms with E-state index in [1.807, 2.05) is 42.6 Å². The third kappa shape index (κ3) is 8.81. The van der Waals surface area contributed by atoms with E-state index < -0.39 is 96.6 Å². The third-order valence-corrected chi connectivity index (χ3v) is 11.5. The molecule has 17 heteroatoms. The number of halogens is 2. The molecule has 3 aromatic carbocycles. The minimum Gasteiger partial charge on any atom is -0.364 e. The van der Waals surface area contributed by atoms with Gasteiger partial charge in [-0.15, -0.1) is 0 Å². The highest BCUT2D eigenvalue weighted by Gasteiger charge is 2.47. The smallest absolute Gasteiger partial charge is 0.265 e. The van der Waals surface area contributed by atoms with Gasteiger partial charge in [0.1, 0.15) is 17.5 Å². The van der Waals surface area contributed by atoms with E-state index in [0.717, 1.165) is 16.7 Å². The lowest BCUT2D eigenvalue weighted by Gasteiger charge is -2.39. The highest BCUT2D eigenvalue weighted by molar-refractivity contribution is 6.24. The number of likely N-dealkylation sites (tertiary alicyclic amines) is 1. The standard InChI is InChI=1S/C47H46F2N10O5/c1-28-4-9-33(23-37(28)54-47-51-16-12-36(53-47)32-3-2-15-50-25-32)52-43(61)31-7-5-29(6-8-31)26-56-17-13-30(14-18-56)27-57-19-21-58(22-20-57)42-35(48)24-34-40(41(42)49)46(64)59(45(34)63)38-10-11-39(60)55-44(38)62/h2-9,12,15-16,23-25,30,38H,10-11,13-14,17-22,26-27H2,1H3,(H,52,61)(H,51,53,54)(H,55,60,62)/i19D2,20D2,21D2,22D2. The number of nitrogens with one attached hydrogen (secondary N) is 3. The molecule has 4 aliphatic heterocycles. The molecule has 0 saturated carbocycles. The van der Waals surface area contributed by atoms with E-state index in [1.54, 1.807) is 48.9 Å². The largest absolute Gasteiger partial charge is 0.364 e. The van der Waals surface area contributed by atoms with E-state index in [0.29, 0.717) is 76.9 Å². The molecule has 6 heterocycles. The number of amides is 5. The summed E-state index contributed by atoms with van der Waals surface area (Å²) in [5.74, 6) is -8.70. The third-order valence-electron chi connectivity index (χ3n) is 11.5. The van der Waals surface area contributed by atoms with Gasteiger partial charge in [-0.1, -0.05) is 18.2 Å². The number of piperazine rings is 1. The van der Waals surface area contributed by atoms with Crippen LogP contribution in [0.5, 0.6) is 0 Å². The van der Waals surface area contributed by atoms with E-state index >= 15 is 8.78 Å². The summed E-state index contributed by atoms with van der Waals surface area (Å²) in [6.07, 6.45) is 5.15. The van der Waals surface area contributed by atoms with Gasteiger partial charge in [0.05, 0.1) is 22.3 Å². The van der Waals surface area contributed by atoms with Crippen LogP contribution in [0.25, 0.3) is 11.3 Å². The van der Waals surface area contributed by atoms with Crippen LogP contribution in [0, 0.1) is 24.5 Å². The number of nitrogens with zero attached hydrogens (tertiary/aromatic N) is 7. The lowest BCUT2D eigenvalue weighted by atomic mass is 9.95. The zero-order valence-electron chi connectivity index (χ0n) is 42.3. The van der Waals surface area contributed by atoms with Crippen molar-refractivity contribution in [2.45, 2.75) is 45.2 Å². The summed E-state index contributed by atoms with van der Waals surface area (Å²) in [5.41, 5.74) is 1.29. The zero-order chi connectivity index (χ0) is 51.7. The summed E-state index contributed by atoms with van der Waals surface area (Å²) >= 11 is 0. The molecule has 15 nitrogen and oxygen atoms in total. The molecular weight excluding hydrogens is 823 g/mol. The number of anilines is 4. The predicted octanol–water partition coefficient (Wildman–Crippen LogP) is 5.56. The maximum absolute atomic E-state index is 16.6. The van der Waals surface area contributed by atoms with Crippen LogP contribution in [0.4, 0.5) is 31.8 Å². The quantitative estimate of drug-likeness (QED) is 0.141. The van der Waals surface area contributed by atoms with Crippen LogP contribution in [0.15, 0.2) is 85.3 Å². The number of fused-ring (bicyclic) bond motifs is 1. The SMILES string of the molecule is [2H]C1([2H])N(CC2CCN(Cc3ccc(C(=O)Nc4ccc(C)c(Nc5nccc(-c6cccnc6)n5)c4)cc3)CC2)C([2H])([2H])C([2H])([2H])N(c2c(F)cc3c(c2F)C(=O)N(C2CCC(=O)NC2=O)C3=O)C1([2H])[2H]. The zero-order valence-corrected chi connectivity index (χ0v) is 34.3. The molecule has 5 aromatic rings. The lowest BCUT2D eigenvalue weighted by Crippen LogP contribution is -2.54. The second kappa shape index (κ2) is 18.0. The van der Waals surface area contributed by atoms with Crippen LogP contribution in [0.2, 0.25) is 0 Å². The Morgan fingerprint density at radius 3 is 2.42 bits per heavy atom. The Labute approximate surface area is 379 Å². The number of benzene rings is 3. The van der Waals surface area contributed by atoms with Gasteiger partial charge < -0.3 is 15.5 Å². The fraction of sp³-hybridized carbons (Fsp3) is 0.319. The van der Waals surface area contributed by atoms with Gasteiger partial charge in [0.15, 0.2) is 5.82 Å². The first-order valence-electron chi connectivity index (χ1n) is 24.6. The number of hydrogen-bond donors (Lipinski definition) is 3. The molecule has 64 heavy (non-hydrogen) atoms. The number of carbonyl (C=O) groups excluding carboxylic acids is 5. The van der Waals surface area contributed by atoms with Gasteiger partial charge in [0, 0.05) is 92.1 Å². The number of aryl methyl sites for hydroxylation is 1. The second-order valence-corrected chi connectivity index (χ2v) is 15.8. The molecule has 1 unspecified atom stereocenters. The van der Waals surface area contributed by atoms with Crippen molar-refractivity contribution in [3.05, 3.63) is 125 Å². The molecule has 4 aliphatic rings. The first kappa shape index (κ1) is 33.6. The molecule has 0 bridgehead atoms. The number of carbonyl (C=O) groups is 5. The van der Waals surface area contributed by atoms with Crippen molar-refractivity contribution in [3.8, 4) is 11.3 Å². The number of imide groups is 2. The van der Waals surface area contributed by atoms with Crippen LogP contribution in [-0.4, -0.2) is 111 Å². The molecule has 1 atom stereocenters. The molecule has 0 radical (unpaired) electrons. The summed E-state index contributed by atoms with van der Waals surface area (Å²) in [5, 5.41) is 8.12. The van der Waals surface area contributed by atoms with Crippen molar-refractivity contribution in [2.24, 2.45) is 5.92 Å². The fourth-order valence-electron chi connectivity index (χ4n) is 8.08. The van der Waals surface area contributed by atoms with E-state index in [-0.39, 0.29) is 23.6 Å². The van der Waals surface area contributed by atoms with Crippen LogP contribution in [-0.2, 0) is 16.1 Å². The normalized spacial score (nSPS) is 23.6. The van der Waals surface area contributed by atoms with Crippen molar-refractivity contribution in [1.29, 1.82) is 0 Å². The van der Waals surface area contributed by atoms with Crippen LogP contribution in [0.3, 0.4) is 0 Å². The van der Waals surface area contributed by atoms with E-state index in [9.17, 15) is 24.0 Å². The van der Waals surface area contributed by atoms with Crippen LogP contribution in [0.1, 0.15) is 78.9 Å². The highest BCUT2D eigenvalue weighted by Crippen LogP contribution is 2.36. The van der Waals surface area contributed by atoms with Crippen molar-refractivity contribution in [1.82, 2.24) is 35.0 Å². The highest BCUT2D eigenvalue weighted by atomic mass is 19.1. The van der Waals surface area contributed by atoms with Crippen molar-refractivity contribution < 1.29 is 43.7 Å². The Kier molecular flexibility index (Phi) is 9.45. The Morgan fingerprint density at radius 1 is 0.906 bits per heavy atom. The maximum atomic E-state index is 16.6. The molecular formula is C47H46F2N10O5. The Bertz CT molecular complexity index is 2990. The first-order chi connectivity index (χ1) is 34.0. The van der Waals surface area contributed by atoms with Gasteiger partial charge in [0.25, 0.3) is 17.7 Å². The van der Waals surface area contributed by atoms with E-state index in [2.05, 4.69) is 30.5 Å². The molecule has 3 N–H and O–H groups in total. The number of aromatic nitrogens is 3. The molecule has 3 fully saturated rings. The number of hydrogen-bond acceptors (Lipinski definition) is 12. The number of rotatable bonds is 11. The summed E-state index contributed by atoms with van der Waals surface area (Å²) in [6.45, 7) is -11.6. The van der Waals surface area contributed by atoms with Crippen LogP contribution < -0.4 is 20.9 Å². The topological polar surface area (TPSA) is 173 Å². The van der Waals surface area contributed by atoms with Gasteiger partial charge in [-0.3, -0.25) is 49.0 Å². The Morgan fingerprint density at radius 2 is 1.69 bits per heavy atom. The average Bonchev–Trinajstić information content (AvgIpc) is 3.58. The Balaban J connectivity index is 0.831. The summed E-state index contributed by atoms with van der Waals surface area (Å²) < 4.78 is 104. The molecule has 0 aliphatic carbocycles. The molecule has 2 aromatic heterocycles. The molecule has 5 amide bonds. The van der Waals surface area contributed by atoms with Gasteiger partial charge in [-0.25, -0.2) is 18.7 Å². The fourth-order valence-corrected chi connectivity index (χ4v) is 8.08. The Hall–Kier alpha value is -6.98. The number of pyridine rings is 1. The average molecular weight is 877 g/mol. The summed E-state index contributed by atoms with van der Waals surface area (Å²) in [7, 11) is 0. The monoisotopic (exact) mass is 876 g/mol. The van der Waals surface area contributed by atoms with E-state index in [4.69, 9.17) is 11.0 Å². The van der Waals surface area contributed by atoms with Gasteiger partial charge in [-0.05, 0) is 105 Å². The van der Waals surface area contributed by atoms with E-state index in [1.165, 1.54) is 0 Å². The minimum absolute atomic E-state index is 0.280. The van der Waals surface area contributed by atoms with Crippen molar-refractivity contribution in [3.63, 3.8) is 0 Å². The van der Waals surface area contributed by atoms with Crippen molar-refractivity contribution in [2.75, 3.05) is 61.2 Å². The molecule has 328 valence electrons. The molecule has 9 rings (SSSR count). The predicted molar refractivity (Wildman–Crippen MR) is 234 cm³/mol. The van der Waals surface area contributed by atoms with Gasteiger partial charge >= 0.3 is 0 Å². The molecule has 0 spiro atoms. The minimum atomic E-state index is -3.72. The van der Waals surface area contributed by atoms with Gasteiger partial charge in [0.2, 0.25) is 17.8 Å². The van der Waals surface area contributed by atoms with Gasteiger partial charge in [-0.2, -0.15) is 0 Å². The second-order valence-electron chi connectivity index (χ2n) is 15.8. The summed E-state index contributed by atoms with van der Waals surface area (Å²) in [4.78, 5) is 80.0. The van der Waals surface area contributed by atoms with Crippen molar-refractivity contribution >= 4 is 52.5 Å². The lowest BCUT2D eigenvalue weighted by molar-refractivity contribution is -0.136. The van der Waals surface area contributed by atoms with Crippen LogP contribution >= 0.6 is 0 Å². The number of piperidine rings is 2. The first-order valence-corrected chi connectivity index (χ1v) is 20.6. The maximum Gasteiger partial charge on any atom is 0.265 e. The molecule has 3 saturated heterocycles. The summed E-state index contributed by atoms with van der Waals surface area (Å²) in [6, 6.07) is 16.7.